The summed E-state index contributed by atoms with van der Waals surface area (Å²) in [5, 5.41) is 3.01. The number of anilines is 1. The molecule has 1 aliphatic carbocycles. The van der Waals surface area contributed by atoms with Gasteiger partial charge in [0.1, 0.15) is 0 Å². The average molecular weight is 310 g/mol. The highest BCUT2D eigenvalue weighted by molar-refractivity contribution is 9.10. The Morgan fingerprint density at radius 3 is 2.39 bits per heavy atom. The smallest absolute Gasteiger partial charge is 0.227 e. The van der Waals surface area contributed by atoms with Crippen molar-refractivity contribution in [1.29, 1.82) is 0 Å². The Morgan fingerprint density at radius 1 is 1.22 bits per heavy atom. The number of amides is 1. The second kappa shape index (κ2) is 6.37. The Hall–Kier alpha value is -0.830. The molecule has 0 radical (unpaired) electrons. The van der Waals surface area contributed by atoms with Crippen molar-refractivity contribution in [3.8, 4) is 0 Å². The Kier molecular flexibility index (Phi) is 4.81. The maximum Gasteiger partial charge on any atom is 0.227 e. The molecule has 0 atom stereocenters. The van der Waals surface area contributed by atoms with Crippen LogP contribution in [0.4, 0.5) is 5.69 Å². The Bertz CT molecular complexity index is 393. The van der Waals surface area contributed by atoms with Crippen molar-refractivity contribution in [2.24, 2.45) is 11.8 Å². The third-order valence-electron chi connectivity index (χ3n) is 3.91. The van der Waals surface area contributed by atoms with Crippen molar-refractivity contribution >= 4 is 27.5 Å². The van der Waals surface area contributed by atoms with Crippen LogP contribution in [0.2, 0.25) is 0 Å². The van der Waals surface area contributed by atoms with E-state index in [9.17, 15) is 4.79 Å². The summed E-state index contributed by atoms with van der Waals surface area (Å²) in [5.41, 5.74) is 0.890. The molecule has 0 aromatic heterocycles. The molecule has 0 unspecified atom stereocenters. The molecule has 0 spiro atoms. The molecule has 1 amide bonds. The average Bonchev–Trinajstić information content (AvgIpc) is 2.41. The van der Waals surface area contributed by atoms with Crippen LogP contribution in [0, 0.1) is 11.8 Å². The van der Waals surface area contributed by atoms with Crippen LogP contribution >= 0.6 is 15.9 Å². The first-order valence-electron chi connectivity index (χ1n) is 6.75. The van der Waals surface area contributed by atoms with Crippen LogP contribution in [0.3, 0.4) is 0 Å². The van der Waals surface area contributed by atoms with E-state index in [2.05, 4.69) is 28.2 Å². The van der Waals surface area contributed by atoms with Gasteiger partial charge in [0.15, 0.2) is 0 Å². The lowest BCUT2D eigenvalue weighted by Gasteiger charge is -2.26. The highest BCUT2D eigenvalue weighted by Gasteiger charge is 2.25. The van der Waals surface area contributed by atoms with Crippen LogP contribution < -0.4 is 5.32 Å². The quantitative estimate of drug-likeness (QED) is 0.868. The van der Waals surface area contributed by atoms with Gasteiger partial charge in [0.25, 0.3) is 0 Å². The largest absolute Gasteiger partial charge is 0.326 e. The minimum Gasteiger partial charge on any atom is -0.326 e. The summed E-state index contributed by atoms with van der Waals surface area (Å²) >= 11 is 3.39. The van der Waals surface area contributed by atoms with Crippen molar-refractivity contribution in [2.45, 2.75) is 39.0 Å². The maximum absolute atomic E-state index is 12.1. The van der Waals surface area contributed by atoms with Crippen LogP contribution in [-0.4, -0.2) is 5.91 Å². The van der Waals surface area contributed by atoms with Crippen molar-refractivity contribution in [1.82, 2.24) is 0 Å². The third kappa shape index (κ3) is 3.58. The predicted molar refractivity (Wildman–Crippen MR) is 78.5 cm³/mol. The maximum atomic E-state index is 12.1. The molecule has 1 N–H and O–H groups in total. The van der Waals surface area contributed by atoms with Gasteiger partial charge in [0.2, 0.25) is 5.91 Å². The number of halogens is 1. The molecule has 0 bridgehead atoms. The molecule has 0 heterocycles. The first kappa shape index (κ1) is 13.6. The Morgan fingerprint density at radius 2 is 1.83 bits per heavy atom. The first-order valence-corrected chi connectivity index (χ1v) is 7.54. The highest BCUT2D eigenvalue weighted by Crippen LogP contribution is 2.31. The lowest BCUT2D eigenvalue weighted by molar-refractivity contribution is -0.121. The van der Waals surface area contributed by atoms with E-state index in [1.54, 1.807) is 0 Å². The molecule has 2 nitrogen and oxygen atoms in total. The summed E-state index contributed by atoms with van der Waals surface area (Å²) in [6.07, 6.45) is 5.74. The van der Waals surface area contributed by atoms with Gasteiger partial charge in [0.05, 0.1) is 0 Å². The topological polar surface area (TPSA) is 29.1 Å². The monoisotopic (exact) mass is 309 g/mol. The summed E-state index contributed by atoms with van der Waals surface area (Å²) < 4.78 is 1.03. The summed E-state index contributed by atoms with van der Waals surface area (Å²) in [6, 6.07) is 7.76. The Labute approximate surface area is 117 Å². The zero-order valence-electron chi connectivity index (χ0n) is 10.8. The number of carbonyl (C=O) groups excluding carboxylic acids is 1. The second-order valence-electron chi connectivity index (χ2n) is 5.12. The zero-order chi connectivity index (χ0) is 13.0. The lowest BCUT2D eigenvalue weighted by atomic mass is 9.80. The molecule has 1 fully saturated rings. The van der Waals surface area contributed by atoms with Crippen LogP contribution in [0.25, 0.3) is 0 Å². The fourth-order valence-electron chi connectivity index (χ4n) is 2.61. The molecule has 3 heteroatoms. The normalized spacial score (nSPS) is 23.7. The number of nitrogens with one attached hydrogen (secondary N) is 1. The second-order valence-corrected chi connectivity index (χ2v) is 6.04. The summed E-state index contributed by atoms with van der Waals surface area (Å²) in [6.45, 7) is 2.24. The number of hydrogen-bond donors (Lipinski definition) is 1. The fraction of sp³-hybridized carbons (Fsp3) is 0.533. The van der Waals surface area contributed by atoms with E-state index in [-0.39, 0.29) is 11.8 Å². The zero-order valence-corrected chi connectivity index (χ0v) is 12.4. The number of rotatable bonds is 3. The molecule has 1 aromatic carbocycles. The van der Waals surface area contributed by atoms with Crippen LogP contribution in [0.5, 0.6) is 0 Å². The molecule has 1 aliphatic rings. The first-order chi connectivity index (χ1) is 8.69. The molecule has 1 saturated carbocycles. The van der Waals surface area contributed by atoms with Crippen molar-refractivity contribution in [3.05, 3.63) is 28.7 Å². The summed E-state index contributed by atoms with van der Waals surface area (Å²) in [7, 11) is 0. The van der Waals surface area contributed by atoms with Crippen molar-refractivity contribution in [3.63, 3.8) is 0 Å². The number of benzene rings is 1. The molecular weight excluding hydrogens is 290 g/mol. The van der Waals surface area contributed by atoms with Crippen LogP contribution in [-0.2, 0) is 4.79 Å². The molecule has 2 rings (SSSR count). The van der Waals surface area contributed by atoms with E-state index in [4.69, 9.17) is 0 Å². The number of hydrogen-bond acceptors (Lipinski definition) is 1. The Balaban J connectivity index is 1.87. The van der Waals surface area contributed by atoms with Gasteiger partial charge in [-0.2, -0.15) is 0 Å². The fourth-order valence-corrected chi connectivity index (χ4v) is 2.87. The van der Waals surface area contributed by atoms with Gasteiger partial charge in [-0.15, -0.1) is 0 Å². The SMILES string of the molecule is CCC1CCC(C(=O)Nc2ccc(Br)cc2)CC1. The molecule has 0 saturated heterocycles. The van der Waals surface area contributed by atoms with Gasteiger partial charge < -0.3 is 5.32 Å². The molecule has 98 valence electrons. The van der Waals surface area contributed by atoms with E-state index >= 15 is 0 Å². The van der Waals surface area contributed by atoms with Gasteiger partial charge in [-0.1, -0.05) is 29.3 Å². The van der Waals surface area contributed by atoms with Crippen LogP contribution in [0.1, 0.15) is 39.0 Å². The van der Waals surface area contributed by atoms with E-state index in [0.29, 0.717) is 0 Å². The number of carbonyl (C=O) groups is 1. The minimum absolute atomic E-state index is 0.187. The van der Waals surface area contributed by atoms with Crippen LogP contribution in [0.15, 0.2) is 28.7 Å². The summed E-state index contributed by atoms with van der Waals surface area (Å²) in [4.78, 5) is 12.1. The van der Waals surface area contributed by atoms with Gasteiger partial charge in [0, 0.05) is 16.1 Å². The van der Waals surface area contributed by atoms with Gasteiger partial charge in [-0.3, -0.25) is 4.79 Å². The van der Waals surface area contributed by atoms with Crippen molar-refractivity contribution in [2.75, 3.05) is 5.32 Å². The van der Waals surface area contributed by atoms with E-state index in [0.717, 1.165) is 28.9 Å². The molecule has 0 aliphatic heterocycles. The molecule has 1 aromatic rings. The third-order valence-corrected chi connectivity index (χ3v) is 4.44. The van der Waals surface area contributed by atoms with E-state index < -0.39 is 0 Å². The molecule has 18 heavy (non-hydrogen) atoms. The highest BCUT2D eigenvalue weighted by atomic mass is 79.9. The minimum atomic E-state index is 0.187. The van der Waals surface area contributed by atoms with E-state index in [1.165, 1.54) is 19.3 Å². The summed E-state index contributed by atoms with van der Waals surface area (Å²) in [5.74, 6) is 1.23. The van der Waals surface area contributed by atoms with E-state index in [1.807, 2.05) is 24.3 Å². The van der Waals surface area contributed by atoms with Gasteiger partial charge in [-0.05, 0) is 55.9 Å². The molecular formula is C15H20BrNO. The predicted octanol–water partition coefficient (Wildman–Crippen LogP) is 4.60. The lowest BCUT2D eigenvalue weighted by Crippen LogP contribution is -2.27. The van der Waals surface area contributed by atoms with Gasteiger partial charge in [-0.25, -0.2) is 0 Å². The van der Waals surface area contributed by atoms with Gasteiger partial charge >= 0.3 is 0 Å². The van der Waals surface area contributed by atoms with Crippen molar-refractivity contribution < 1.29 is 4.79 Å². The standard InChI is InChI=1S/C15H20BrNO/c1-2-11-3-5-12(6-4-11)15(18)17-14-9-7-13(16)8-10-14/h7-12H,2-6H2,1H3,(H,17,18).